The Hall–Kier alpha value is -1.54. The van der Waals surface area contributed by atoms with Crippen LogP contribution >= 0.6 is 23.1 Å². The van der Waals surface area contributed by atoms with E-state index in [1.165, 1.54) is 17.8 Å². The maximum absolute atomic E-state index is 12.5. The van der Waals surface area contributed by atoms with Crippen molar-refractivity contribution in [2.45, 2.75) is 16.8 Å². The number of carbonyl (C=O) groups is 1. The molecule has 1 N–H and O–H groups in total. The minimum atomic E-state index is -4.37. The molecule has 0 radical (unpaired) electrons. The highest BCUT2D eigenvalue weighted by Crippen LogP contribution is 2.32. The van der Waals surface area contributed by atoms with E-state index in [-0.39, 0.29) is 5.01 Å². The van der Waals surface area contributed by atoms with E-state index >= 15 is 0 Å². The molecule has 0 amide bonds. The van der Waals surface area contributed by atoms with Crippen LogP contribution in [-0.2, 0) is 11.9 Å². The molecular weight excluding hydrogens is 311 g/mol. The van der Waals surface area contributed by atoms with Crippen molar-refractivity contribution in [1.29, 1.82) is 0 Å². The number of aromatic nitrogens is 1. The van der Waals surface area contributed by atoms with Gasteiger partial charge in [-0.15, -0.1) is 23.1 Å². The van der Waals surface area contributed by atoms with Crippen LogP contribution in [0, 0.1) is 0 Å². The fourth-order valence-electron chi connectivity index (χ4n) is 1.39. The van der Waals surface area contributed by atoms with Gasteiger partial charge in [-0.25, -0.2) is 9.78 Å². The van der Waals surface area contributed by atoms with Crippen LogP contribution in [-0.4, -0.2) is 16.1 Å². The largest absolute Gasteiger partial charge is 0.476 e. The molecular formula is C12H8F3NO2S2. The Balaban J connectivity index is 2.05. The Morgan fingerprint density at radius 2 is 2.15 bits per heavy atom. The number of carboxylic acids is 1. The van der Waals surface area contributed by atoms with Gasteiger partial charge in [0.25, 0.3) is 0 Å². The number of thioether (sulfide) groups is 1. The van der Waals surface area contributed by atoms with Gasteiger partial charge in [0.1, 0.15) is 0 Å². The summed E-state index contributed by atoms with van der Waals surface area (Å²) in [4.78, 5) is 15.0. The van der Waals surface area contributed by atoms with Gasteiger partial charge >= 0.3 is 12.1 Å². The Labute approximate surface area is 120 Å². The number of carboxylic acid groups (broad SMARTS) is 1. The zero-order valence-electron chi connectivity index (χ0n) is 9.85. The summed E-state index contributed by atoms with van der Waals surface area (Å²) in [5.41, 5.74) is -0.165. The highest BCUT2D eigenvalue weighted by atomic mass is 32.2. The Morgan fingerprint density at radius 3 is 2.75 bits per heavy atom. The van der Waals surface area contributed by atoms with Gasteiger partial charge in [-0.05, 0) is 18.2 Å². The average Bonchev–Trinajstić information content (AvgIpc) is 2.85. The zero-order chi connectivity index (χ0) is 14.8. The molecule has 1 aromatic heterocycles. The third kappa shape index (κ3) is 3.73. The Bertz CT molecular complexity index is 625. The quantitative estimate of drug-likeness (QED) is 0.860. The third-order valence-electron chi connectivity index (χ3n) is 2.28. The van der Waals surface area contributed by atoms with E-state index in [4.69, 9.17) is 5.11 Å². The minimum Gasteiger partial charge on any atom is -0.476 e. The van der Waals surface area contributed by atoms with Crippen LogP contribution in [0.15, 0.2) is 34.5 Å². The molecule has 2 aromatic rings. The molecule has 0 saturated carbocycles. The highest BCUT2D eigenvalue weighted by Gasteiger charge is 2.30. The average molecular weight is 319 g/mol. The van der Waals surface area contributed by atoms with Gasteiger partial charge in [0.2, 0.25) is 5.01 Å². The fraction of sp³-hybridized carbons (Fsp3) is 0.167. The van der Waals surface area contributed by atoms with Crippen molar-refractivity contribution in [3.8, 4) is 0 Å². The van der Waals surface area contributed by atoms with Crippen LogP contribution in [0.2, 0.25) is 0 Å². The Morgan fingerprint density at radius 1 is 1.40 bits per heavy atom. The van der Waals surface area contributed by atoms with Crippen LogP contribution in [0.3, 0.4) is 0 Å². The second kappa shape index (κ2) is 5.84. The molecule has 0 aliphatic carbocycles. The van der Waals surface area contributed by atoms with E-state index in [0.717, 1.165) is 23.5 Å². The van der Waals surface area contributed by atoms with Crippen molar-refractivity contribution in [3.63, 3.8) is 0 Å². The molecule has 1 heterocycles. The van der Waals surface area contributed by atoms with Crippen LogP contribution in [0.4, 0.5) is 13.2 Å². The molecule has 0 unspecified atom stereocenters. The SMILES string of the molecule is O=C(O)c1nc(CSc2cccc(C(F)(F)F)c2)cs1. The first-order chi connectivity index (χ1) is 9.36. The van der Waals surface area contributed by atoms with Gasteiger partial charge in [-0.3, -0.25) is 0 Å². The summed E-state index contributed by atoms with van der Waals surface area (Å²) in [6.07, 6.45) is -4.37. The molecule has 3 nitrogen and oxygen atoms in total. The van der Waals surface area contributed by atoms with Gasteiger partial charge < -0.3 is 5.11 Å². The predicted molar refractivity (Wildman–Crippen MR) is 70.1 cm³/mol. The number of aromatic carboxylic acids is 1. The monoisotopic (exact) mass is 319 g/mol. The summed E-state index contributed by atoms with van der Waals surface area (Å²) in [5, 5.41) is 10.3. The molecule has 0 fully saturated rings. The van der Waals surface area contributed by atoms with Crippen LogP contribution in [0.5, 0.6) is 0 Å². The number of benzene rings is 1. The molecule has 106 valence electrons. The van der Waals surface area contributed by atoms with Gasteiger partial charge in [0.05, 0.1) is 11.3 Å². The third-order valence-corrected chi connectivity index (χ3v) is 4.19. The first kappa shape index (κ1) is 14.9. The highest BCUT2D eigenvalue weighted by molar-refractivity contribution is 7.98. The summed E-state index contributed by atoms with van der Waals surface area (Å²) in [5.74, 6) is -0.782. The summed E-state index contributed by atoms with van der Waals surface area (Å²) >= 11 is 2.18. The molecule has 0 bridgehead atoms. The molecule has 20 heavy (non-hydrogen) atoms. The maximum Gasteiger partial charge on any atom is 0.416 e. The summed E-state index contributed by atoms with van der Waals surface area (Å²) in [6, 6.07) is 4.99. The number of hydrogen-bond donors (Lipinski definition) is 1. The predicted octanol–water partition coefficient (Wildman–Crippen LogP) is 4.15. The second-order valence-electron chi connectivity index (χ2n) is 3.76. The van der Waals surface area contributed by atoms with Gasteiger partial charge in [0, 0.05) is 16.0 Å². The first-order valence-corrected chi connectivity index (χ1v) is 7.20. The number of thiazole rings is 1. The molecule has 0 spiro atoms. The summed E-state index contributed by atoms with van der Waals surface area (Å²) in [6.45, 7) is 0. The summed E-state index contributed by atoms with van der Waals surface area (Å²) in [7, 11) is 0. The number of nitrogens with zero attached hydrogens (tertiary/aromatic N) is 1. The normalized spacial score (nSPS) is 11.6. The molecule has 2 rings (SSSR count). The topological polar surface area (TPSA) is 50.2 Å². The zero-order valence-corrected chi connectivity index (χ0v) is 11.5. The van der Waals surface area contributed by atoms with Gasteiger partial charge in [0.15, 0.2) is 0 Å². The lowest BCUT2D eigenvalue weighted by Gasteiger charge is -2.07. The van der Waals surface area contributed by atoms with Crippen LogP contribution in [0.1, 0.15) is 21.1 Å². The smallest absolute Gasteiger partial charge is 0.416 e. The lowest BCUT2D eigenvalue weighted by Crippen LogP contribution is -2.04. The number of alkyl halides is 3. The van der Waals surface area contributed by atoms with E-state index in [2.05, 4.69) is 4.98 Å². The molecule has 0 atom stereocenters. The standard InChI is InChI=1S/C12H8F3NO2S2/c13-12(14,15)7-2-1-3-9(4-7)19-5-8-6-20-10(16-8)11(17)18/h1-4,6H,5H2,(H,17,18). The number of halogens is 3. The molecule has 0 aliphatic heterocycles. The second-order valence-corrected chi connectivity index (χ2v) is 5.67. The lowest BCUT2D eigenvalue weighted by atomic mass is 10.2. The van der Waals surface area contributed by atoms with Crippen molar-refractivity contribution >= 4 is 29.1 Å². The van der Waals surface area contributed by atoms with E-state index in [1.54, 1.807) is 11.4 Å². The Kier molecular flexibility index (Phi) is 4.34. The number of hydrogen-bond acceptors (Lipinski definition) is 4. The van der Waals surface area contributed by atoms with Crippen molar-refractivity contribution in [3.05, 3.63) is 45.9 Å². The fourth-order valence-corrected chi connectivity index (χ4v) is 3.00. The van der Waals surface area contributed by atoms with Crippen molar-refractivity contribution in [1.82, 2.24) is 4.98 Å². The summed E-state index contributed by atoms with van der Waals surface area (Å²) < 4.78 is 37.6. The van der Waals surface area contributed by atoms with Gasteiger partial charge in [-0.2, -0.15) is 13.2 Å². The molecule has 1 aromatic carbocycles. The van der Waals surface area contributed by atoms with Crippen molar-refractivity contribution in [2.24, 2.45) is 0 Å². The minimum absolute atomic E-state index is 0.0235. The molecule has 0 aliphatic rings. The molecule has 8 heteroatoms. The van der Waals surface area contributed by atoms with E-state index in [1.807, 2.05) is 0 Å². The lowest BCUT2D eigenvalue weighted by molar-refractivity contribution is -0.137. The van der Waals surface area contributed by atoms with Crippen LogP contribution < -0.4 is 0 Å². The molecule has 0 saturated heterocycles. The van der Waals surface area contributed by atoms with Crippen LogP contribution in [0.25, 0.3) is 0 Å². The van der Waals surface area contributed by atoms with E-state index in [0.29, 0.717) is 16.3 Å². The maximum atomic E-state index is 12.5. The van der Waals surface area contributed by atoms with Crippen molar-refractivity contribution in [2.75, 3.05) is 0 Å². The first-order valence-electron chi connectivity index (χ1n) is 5.34. The van der Waals surface area contributed by atoms with E-state index < -0.39 is 17.7 Å². The van der Waals surface area contributed by atoms with E-state index in [9.17, 15) is 18.0 Å². The van der Waals surface area contributed by atoms with Gasteiger partial charge in [-0.1, -0.05) is 6.07 Å². The number of rotatable bonds is 4. The van der Waals surface area contributed by atoms with Crippen molar-refractivity contribution < 1.29 is 23.1 Å².